The number of aromatic hydroxyl groups is 1. The summed E-state index contributed by atoms with van der Waals surface area (Å²) in [5.74, 6) is 0.255. The van der Waals surface area contributed by atoms with Crippen LogP contribution in [0.4, 0.5) is 0 Å². The minimum Gasteiger partial charge on any atom is -0.508 e. The zero-order valence-corrected chi connectivity index (χ0v) is 8.97. The van der Waals surface area contributed by atoms with E-state index in [0.29, 0.717) is 5.56 Å². The van der Waals surface area contributed by atoms with Gasteiger partial charge < -0.3 is 5.11 Å². The highest BCUT2D eigenvalue weighted by Gasteiger charge is 2.02. The Kier molecular flexibility index (Phi) is 2.73. The summed E-state index contributed by atoms with van der Waals surface area (Å²) in [7, 11) is 0. The Morgan fingerprint density at radius 1 is 1.06 bits per heavy atom. The maximum Gasteiger partial charge on any atom is 0.150 e. The van der Waals surface area contributed by atoms with Crippen LogP contribution in [0, 0.1) is 6.92 Å². The van der Waals surface area contributed by atoms with Crippen molar-refractivity contribution >= 4 is 6.29 Å². The molecule has 0 aliphatic rings. The standard InChI is InChI=1S/C14H12O2/c1-10-8-11(9-15)2-7-14(10)12-3-5-13(16)6-4-12/h2-9,16H,1H3. The predicted octanol–water partition coefficient (Wildman–Crippen LogP) is 3.18. The lowest BCUT2D eigenvalue weighted by Gasteiger charge is -2.06. The molecule has 2 nitrogen and oxygen atoms in total. The lowest BCUT2D eigenvalue weighted by atomic mass is 9.99. The van der Waals surface area contributed by atoms with E-state index in [0.717, 1.165) is 23.0 Å². The number of carbonyl (C=O) groups is 1. The van der Waals surface area contributed by atoms with E-state index in [1.165, 1.54) is 0 Å². The number of phenols is 1. The molecule has 0 saturated heterocycles. The number of hydrogen-bond acceptors (Lipinski definition) is 2. The van der Waals surface area contributed by atoms with Crippen molar-refractivity contribution in [1.29, 1.82) is 0 Å². The molecule has 0 aliphatic heterocycles. The highest BCUT2D eigenvalue weighted by molar-refractivity contribution is 5.78. The minimum atomic E-state index is 0.255. The van der Waals surface area contributed by atoms with Crippen molar-refractivity contribution in [3.63, 3.8) is 0 Å². The SMILES string of the molecule is Cc1cc(C=O)ccc1-c1ccc(O)cc1. The van der Waals surface area contributed by atoms with E-state index >= 15 is 0 Å². The van der Waals surface area contributed by atoms with Crippen molar-refractivity contribution in [3.8, 4) is 16.9 Å². The summed E-state index contributed by atoms with van der Waals surface area (Å²) in [6.45, 7) is 1.97. The highest BCUT2D eigenvalue weighted by Crippen LogP contribution is 2.25. The second-order valence-electron chi connectivity index (χ2n) is 3.74. The maximum absolute atomic E-state index is 10.6. The molecule has 16 heavy (non-hydrogen) atoms. The van der Waals surface area contributed by atoms with Crippen molar-refractivity contribution in [1.82, 2.24) is 0 Å². The molecule has 2 rings (SSSR count). The number of benzene rings is 2. The second-order valence-corrected chi connectivity index (χ2v) is 3.74. The number of carbonyl (C=O) groups excluding carboxylic acids is 1. The van der Waals surface area contributed by atoms with E-state index in [9.17, 15) is 9.90 Å². The van der Waals surface area contributed by atoms with Gasteiger partial charge in [-0.15, -0.1) is 0 Å². The van der Waals surface area contributed by atoms with Crippen molar-refractivity contribution in [2.45, 2.75) is 6.92 Å². The largest absolute Gasteiger partial charge is 0.508 e. The van der Waals surface area contributed by atoms with Crippen LogP contribution in [0.1, 0.15) is 15.9 Å². The summed E-state index contributed by atoms with van der Waals surface area (Å²) in [4.78, 5) is 10.6. The monoisotopic (exact) mass is 212 g/mol. The van der Waals surface area contributed by atoms with Gasteiger partial charge in [0.25, 0.3) is 0 Å². The molecule has 0 heterocycles. The lowest BCUT2D eigenvalue weighted by Crippen LogP contribution is -1.86. The Balaban J connectivity index is 2.48. The van der Waals surface area contributed by atoms with Gasteiger partial charge in [0.05, 0.1) is 0 Å². The Labute approximate surface area is 94.2 Å². The minimum absolute atomic E-state index is 0.255. The average molecular weight is 212 g/mol. The van der Waals surface area contributed by atoms with Crippen molar-refractivity contribution < 1.29 is 9.90 Å². The first-order valence-corrected chi connectivity index (χ1v) is 5.06. The zero-order valence-electron chi connectivity index (χ0n) is 8.97. The third-order valence-corrected chi connectivity index (χ3v) is 2.56. The summed E-state index contributed by atoms with van der Waals surface area (Å²) < 4.78 is 0. The molecule has 0 radical (unpaired) electrons. The number of aldehydes is 1. The van der Waals surface area contributed by atoms with Gasteiger partial charge in [0.2, 0.25) is 0 Å². The second kappa shape index (κ2) is 4.19. The molecule has 2 aromatic rings. The molecule has 80 valence electrons. The normalized spacial score (nSPS) is 10.1. The Morgan fingerprint density at radius 2 is 1.75 bits per heavy atom. The third-order valence-electron chi connectivity index (χ3n) is 2.56. The maximum atomic E-state index is 10.6. The molecule has 1 N–H and O–H groups in total. The van der Waals surface area contributed by atoms with Crippen LogP contribution in [0.2, 0.25) is 0 Å². The van der Waals surface area contributed by atoms with Gasteiger partial charge in [-0.3, -0.25) is 4.79 Å². The van der Waals surface area contributed by atoms with Crippen molar-refractivity contribution in [2.24, 2.45) is 0 Å². The van der Waals surface area contributed by atoms with Crippen molar-refractivity contribution in [2.75, 3.05) is 0 Å². The molecule has 0 amide bonds. The fraction of sp³-hybridized carbons (Fsp3) is 0.0714. The molecule has 0 unspecified atom stereocenters. The molecule has 0 atom stereocenters. The van der Waals surface area contributed by atoms with E-state index in [-0.39, 0.29) is 5.75 Å². The van der Waals surface area contributed by atoms with E-state index < -0.39 is 0 Å². The summed E-state index contributed by atoms with van der Waals surface area (Å²) in [6.07, 6.45) is 0.841. The molecular weight excluding hydrogens is 200 g/mol. The van der Waals surface area contributed by atoms with Crippen LogP contribution in [0.3, 0.4) is 0 Å². The molecule has 0 aromatic heterocycles. The number of rotatable bonds is 2. The summed E-state index contributed by atoms with van der Waals surface area (Å²) in [6, 6.07) is 12.6. The quantitative estimate of drug-likeness (QED) is 0.776. The van der Waals surface area contributed by atoms with Crippen molar-refractivity contribution in [3.05, 3.63) is 53.6 Å². The van der Waals surface area contributed by atoms with Gasteiger partial charge >= 0.3 is 0 Å². The molecule has 0 spiro atoms. The van der Waals surface area contributed by atoms with Crippen LogP contribution < -0.4 is 0 Å². The lowest BCUT2D eigenvalue weighted by molar-refractivity contribution is 0.112. The van der Waals surface area contributed by atoms with E-state index in [2.05, 4.69) is 0 Å². The van der Waals surface area contributed by atoms with Crippen LogP contribution in [-0.2, 0) is 0 Å². The van der Waals surface area contributed by atoms with Gasteiger partial charge in [0.15, 0.2) is 0 Å². The summed E-state index contributed by atoms with van der Waals surface area (Å²) in [5.41, 5.74) is 3.84. The van der Waals surface area contributed by atoms with E-state index in [1.807, 2.05) is 31.2 Å². The van der Waals surface area contributed by atoms with Gasteiger partial charge in [-0.2, -0.15) is 0 Å². The number of phenolic OH excluding ortho intramolecular Hbond substituents is 1. The molecule has 0 bridgehead atoms. The topological polar surface area (TPSA) is 37.3 Å². The molecule has 2 aromatic carbocycles. The van der Waals surface area contributed by atoms with Crippen LogP contribution in [-0.4, -0.2) is 11.4 Å². The summed E-state index contributed by atoms with van der Waals surface area (Å²) >= 11 is 0. The fourth-order valence-electron chi connectivity index (χ4n) is 1.73. The van der Waals surface area contributed by atoms with Gasteiger partial charge in [-0.25, -0.2) is 0 Å². The van der Waals surface area contributed by atoms with Crippen LogP contribution >= 0.6 is 0 Å². The third kappa shape index (κ3) is 1.96. The van der Waals surface area contributed by atoms with E-state index in [4.69, 9.17) is 0 Å². The molecule has 2 heteroatoms. The zero-order chi connectivity index (χ0) is 11.5. The smallest absolute Gasteiger partial charge is 0.150 e. The van der Waals surface area contributed by atoms with Gasteiger partial charge in [-0.1, -0.05) is 24.3 Å². The van der Waals surface area contributed by atoms with E-state index in [1.54, 1.807) is 18.2 Å². The van der Waals surface area contributed by atoms with Gasteiger partial charge in [0, 0.05) is 5.56 Å². The molecular formula is C14H12O2. The number of hydrogen-bond donors (Lipinski definition) is 1. The van der Waals surface area contributed by atoms with Gasteiger partial charge in [-0.05, 0) is 41.8 Å². The molecule has 0 aliphatic carbocycles. The molecule has 0 fully saturated rings. The highest BCUT2D eigenvalue weighted by atomic mass is 16.3. The van der Waals surface area contributed by atoms with Gasteiger partial charge in [0.1, 0.15) is 12.0 Å². The van der Waals surface area contributed by atoms with Crippen LogP contribution in [0.15, 0.2) is 42.5 Å². The average Bonchev–Trinajstić information content (AvgIpc) is 2.30. The first-order valence-electron chi connectivity index (χ1n) is 5.06. The fourth-order valence-corrected chi connectivity index (χ4v) is 1.73. The first kappa shape index (κ1) is 10.4. The Bertz CT molecular complexity index is 513. The Morgan fingerprint density at radius 3 is 2.31 bits per heavy atom. The number of aryl methyl sites for hydroxylation is 1. The van der Waals surface area contributed by atoms with Crippen LogP contribution in [0.25, 0.3) is 11.1 Å². The first-order chi connectivity index (χ1) is 7.70. The predicted molar refractivity (Wildman–Crippen MR) is 63.7 cm³/mol. The molecule has 0 saturated carbocycles. The Hall–Kier alpha value is -2.09. The summed E-state index contributed by atoms with van der Waals surface area (Å²) in [5, 5.41) is 9.21. The van der Waals surface area contributed by atoms with Crippen LogP contribution in [0.5, 0.6) is 5.75 Å².